The summed E-state index contributed by atoms with van der Waals surface area (Å²) in [6.07, 6.45) is 6.70. The van der Waals surface area contributed by atoms with E-state index in [1.807, 2.05) is 30.8 Å². The molecule has 4 aromatic rings. The number of rotatable bonds is 4. The molecule has 0 aromatic carbocycles. The second kappa shape index (κ2) is 5.95. The third-order valence-corrected chi connectivity index (χ3v) is 5.61. The van der Waals surface area contributed by atoms with Crippen LogP contribution in [0.5, 0.6) is 0 Å². The van der Waals surface area contributed by atoms with Gasteiger partial charge in [-0.3, -0.25) is 4.98 Å². The van der Waals surface area contributed by atoms with E-state index in [1.54, 1.807) is 6.20 Å². The van der Waals surface area contributed by atoms with E-state index in [0.717, 1.165) is 64.5 Å². The summed E-state index contributed by atoms with van der Waals surface area (Å²) in [6, 6.07) is 4.13. The maximum atomic E-state index is 5.49. The van der Waals surface area contributed by atoms with Gasteiger partial charge in [-0.05, 0) is 49.4 Å². The van der Waals surface area contributed by atoms with Gasteiger partial charge in [0.2, 0.25) is 11.7 Å². The number of pyridine rings is 2. The van der Waals surface area contributed by atoms with E-state index in [1.165, 1.54) is 0 Å². The molecule has 1 saturated carbocycles. The molecule has 1 aliphatic rings. The highest BCUT2D eigenvalue weighted by Gasteiger charge is 2.44. The molecule has 7 nitrogen and oxygen atoms in total. The van der Waals surface area contributed by atoms with Gasteiger partial charge in [-0.2, -0.15) is 4.98 Å². The van der Waals surface area contributed by atoms with Crippen molar-refractivity contribution >= 4 is 11.2 Å². The molecule has 0 unspecified atom stereocenters. The highest BCUT2D eigenvalue weighted by molar-refractivity contribution is 5.77. The van der Waals surface area contributed by atoms with Crippen LogP contribution in [0.25, 0.3) is 34.1 Å². The smallest absolute Gasteiger partial charge is 0.232 e. The Morgan fingerprint density at radius 1 is 1.14 bits per heavy atom. The summed E-state index contributed by atoms with van der Waals surface area (Å²) >= 11 is 0. The van der Waals surface area contributed by atoms with Gasteiger partial charge in [0.15, 0.2) is 11.5 Å². The molecule has 4 aromatic heterocycles. The highest BCUT2D eigenvalue weighted by atomic mass is 16.5. The van der Waals surface area contributed by atoms with Crippen LogP contribution in [0, 0.1) is 6.92 Å². The number of aromatic nitrogens is 6. The van der Waals surface area contributed by atoms with Gasteiger partial charge in [0.25, 0.3) is 0 Å². The molecule has 0 saturated heterocycles. The number of fused-ring (bicyclic) bond motifs is 1. The molecule has 1 fully saturated rings. The van der Waals surface area contributed by atoms with E-state index in [4.69, 9.17) is 14.5 Å². The first-order chi connectivity index (χ1) is 13.5. The van der Waals surface area contributed by atoms with Gasteiger partial charge in [0.05, 0.1) is 0 Å². The maximum absolute atomic E-state index is 5.49. The van der Waals surface area contributed by atoms with E-state index in [9.17, 15) is 0 Å². The van der Waals surface area contributed by atoms with Crippen LogP contribution >= 0.6 is 0 Å². The van der Waals surface area contributed by atoms with Crippen molar-refractivity contribution in [1.29, 1.82) is 0 Å². The number of hydrogen-bond donors (Lipinski definition) is 0. The number of aryl methyl sites for hydroxylation is 3. The second-order valence-electron chi connectivity index (χ2n) is 7.92. The molecule has 0 N–H and O–H groups in total. The molecular formula is C21H22N6O. The Hall–Kier alpha value is -3.09. The van der Waals surface area contributed by atoms with Crippen molar-refractivity contribution in [2.75, 3.05) is 0 Å². The minimum atomic E-state index is 0.0599. The molecule has 5 rings (SSSR count). The maximum Gasteiger partial charge on any atom is 0.232 e. The highest BCUT2D eigenvalue weighted by Crippen LogP contribution is 2.47. The van der Waals surface area contributed by atoms with E-state index in [0.29, 0.717) is 5.82 Å². The molecule has 0 bridgehead atoms. The third-order valence-electron chi connectivity index (χ3n) is 5.61. The van der Waals surface area contributed by atoms with Crippen LogP contribution in [0.2, 0.25) is 0 Å². The molecule has 142 valence electrons. The lowest BCUT2D eigenvalue weighted by molar-refractivity contribution is 0.353. The van der Waals surface area contributed by atoms with Gasteiger partial charge < -0.3 is 9.09 Å². The summed E-state index contributed by atoms with van der Waals surface area (Å²) in [5.41, 5.74) is 5.71. The lowest BCUT2D eigenvalue weighted by Gasteiger charge is -2.08. The summed E-state index contributed by atoms with van der Waals surface area (Å²) in [4.78, 5) is 18.6. The molecule has 0 spiro atoms. The van der Waals surface area contributed by atoms with E-state index in [-0.39, 0.29) is 5.41 Å². The molecular weight excluding hydrogens is 352 g/mol. The number of imidazole rings is 1. The quantitative estimate of drug-likeness (QED) is 0.537. The van der Waals surface area contributed by atoms with Gasteiger partial charge in [-0.15, -0.1) is 0 Å². The molecule has 7 heteroatoms. The monoisotopic (exact) mass is 374 g/mol. The van der Waals surface area contributed by atoms with Crippen molar-refractivity contribution in [3.8, 4) is 22.9 Å². The fourth-order valence-corrected chi connectivity index (χ4v) is 3.48. The van der Waals surface area contributed by atoms with Gasteiger partial charge in [0.1, 0.15) is 11.2 Å². The van der Waals surface area contributed by atoms with Crippen LogP contribution in [-0.2, 0) is 18.9 Å². The summed E-state index contributed by atoms with van der Waals surface area (Å²) in [6.45, 7) is 6.29. The minimum absolute atomic E-state index is 0.0599. The Bertz CT molecular complexity index is 1200. The second-order valence-corrected chi connectivity index (χ2v) is 7.92. The van der Waals surface area contributed by atoms with Crippen LogP contribution in [0.3, 0.4) is 0 Å². The van der Waals surface area contributed by atoms with Gasteiger partial charge in [-0.1, -0.05) is 19.0 Å². The lowest BCUT2D eigenvalue weighted by Crippen LogP contribution is -2.01. The SMILES string of the molecule is CCc1cc(-c2noc(C3(C)CC3)n2)cnc1-c1nc2cc(C)cnc2n1C. The van der Waals surface area contributed by atoms with Crippen LogP contribution < -0.4 is 0 Å². The summed E-state index contributed by atoms with van der Waals surface area (Å²) < 4.78 is 7.49. The predicted molar refractivity (Wildman–Crippen MR) is 106 cm³/mol. The zero-order valence-electron chi connectivity index (χ0n) is 16.5. The van der Waals surface area contributed by atoms with Crippen molar-refractivity contribution in [1.82, 2.24) is 29.7 Å². The average molecular weight is 374 g/mol. The first-order valence-corrected chi connectivity index (χ1v) is 9.61. The first-order valence-electron chi connectivity index (χ1n) is 9.61. The largest absolute Gasteiger partial charge is 0.338 e. The molecule has 0 atom stereocenters. The minimum Gasteiger partial charge on any atom is -0.338 e. The molecule has 1 aliphatic carbocycles. The van der Waals surface area contributed by atoms with Gasteiger partial charge >= 0.3 is 0 Å². The van der Waals surface area contributed by atoms with Crippen LogP contribution in [-0.4, -0.2) is 29.7 Å². The summed E-state index contributed by atoms with van der Waals surface area (Å²) in [5, 5.41) is 4.18. The first kappa shape index (κ1) is 17.0. The zero-order valence-corrected chi connectivity index (χ0v) is 16.5. The van der Waals surface area contributed by atoms with Crippen molar-refractivity contribution in [3.63, 3.8) is 0 Å². The zero-order chi connectivity index (χ0) is 19.5. The van der Waals surface area contributed by atoms with Gasteiger partial charge in [0, 0.05) is 30.4 Å². The topological polar surface area (TPSA) is 82.5 Å². The molecule has 0 amide bonds. The van der Waals surface area contributed by atoms with E-state index in [2.05, 4.69) is 35.0 Å². The summed E-state index contributed by atoms with van der Waals surface area (Å²) in [5.74, 6) is 2.14. The van der Waals surface area contributed by atoms with Crippen molar-refractivity contribution in [2.24, 2.45) is 7.05 Å². The van der Waals surface area contributed by atoms with E-state index >= 15 is 0 Å². The fraction of sp³-hybridized carbons (Fsp3) is 0.381. The van der Waals surface area contributed by atoms with Crippen molar-refractivity contribution in [3.05, 3.63) is 41.5 Å². The Balaban J connectivity index is 1.58. The summed E-state index contributed by atoms with van der Waals surface area (Å²) in [7, 11) is 1.98. The number of hydrogen-bond acceptors (Lipinski definition) is 6. The lowest BCUT2D eigenvalue weighted by atomic mass is 10.1. The fourth-order valence-electron chi connectivity index (χ4n) is 3.48. The van der Waals surface area contributed by atoms with Crippen molar-refractivity contribution < 1.29 is 4.52 Å². The Labute approximate surface area is 162 Å². The number of nitrogens with zero attached hydrogens (tertiary/aromatic N) is 6. The third kappa shape index (κ3) is 2.61. The van der Waals surface area contributed by atoms with Crippen LogP contribution in [0.1, 0.15) is 43.7 Å². The van der Waals surface area contributed by atoms with Crippen molar-refractivity contribution in [2.45, 2.75) is 45.4 Å². The molecule has 0 aliphatic heterocycles. The average Bonchev–Trinajstić information content (AvgIpc) is 3.13. The van der Waals surface area contributed by atoms with Gasteiger partial charge in [-0.25, -0.2) is 9.97 Å². The predicted octanol–water partition coefficient (Wildman–Crippen LogP) is 4.00. The Kier molecular flexibility index (Phi) is 3.62. The van der Waals surface area contributed by atoms with Crippen LogP contribution in [0.15, 0.2) is 29.0 Å². The van der Waals surface area contributed by atoms with E-state index < -0.39 is 0 Å². The molecule has 0 radical (unpaired) electrons. The molecule has 4 heterocycles. The van der Waals surface area contributed by atoms with Crippen LogP contribution in [0.4, 0.5) is 0 Å². The standard InChI is InChI=1S/C21H22N6O/c1-5-13-9-14(17-25-20(28-26-17)21(3)6-7-21)11-22-16(13)19-24-15-8-12(2)10-23-18(15)27(19)4/h8-11H,5-7H2,1-4H3. The normalized spacial score (nSPS) is 15.3. The molecule has 28 heavy (non-hydrogen) atoms. The Morgan fingerprint density at radius 3 is 2.71 bits per heavy atom. The Morgan fingerprint density at radius 2 is 1.96 bits per heavy atom.